The number of halogens is 1. The average molecular weight is 656 g/mol. The van der Waals surface area contributed by atoms with E-state index in [1.54, 1.807) is 40.6 Å². The van der Waals surface area contributed by atoms with Gasteiger partial charge >= 0.3 is 0 Å². The number of para-hydroxylation sites is 4. The van der Waals surface area contributed by atoms with Crippen LogP contribution in [0.3, 0.4) is 0 Å². The van der Waals surface area contributed by atoms with Gasteiger partial charge in [0.25, 0.3) is 5.91 Å². The zero-order chi connectivity index (χ0) is 32.4. The summed E-state index contributed by atoms with van der Waals surface area (Å²) in [6, 6.07) is 22.3. The van der Waals surface area contributed by atoms with Crippen LogP contribution in [0.15, 0.2) is 72.8 Å². The second-order valence-corrected chi connectivity index (χ2v) is 11.7. The van der Waals surface area contributed by atoms with Crippen molar-refractivity contribution in [2.24, 2.45) is 5.92 Å². The van der Waals surface area contributed by atoms with Gasteiger partial charge in [-0.2, -0.15) is 10.4 Å². The predicted molar refractivity (Wildman–Crippen MR) is 182 cm³/mol. The van der Waals surface area contributed by atoms with E-state index in [0.717, 1.165) is 10.9 Å². The molecule has 0 radical (unpaired) electrons. The van der Waals surface area contributed by atoms with E-state index in [2.05, 4.69) is 16.7 Å². The Kier molecular flexibility index (Phi) is 10.3. The lowest BCUT2D eigenvalue weighted by Crippen LogP contribution is -2.60. The number of hydrogen-bond donors (Lipinski definition) is 2. The van der Waals surface area contributed by atoms with Gasteiger partial charge in [0.05, 0.1) is 52.5 Å². The van der Waals surface area contributed by atoms with Crippen molar-refractivity contribution < 1.29 is 19.1 Å². The topological polar surface area (TPSA) is 133 Å². The SMILES string of the molecule is CN[C@@H](C)C(=O)N[C@@H]1C(=O)N(Cc2nn(-c3ccccc3C#N)c3ccccc23)c2ccccc2N(C(=O)C2CCOCC2)[C@H]1C.Cl. The van der Waals surface area contributed by atoms with Crippen LogP contribution in [0, 0.1) is 17.2 Å². The Morgan fingerprint density at radius 1 is 1.00 bits per heavy atom. The molecule has 0 saturated carbocycles. The van der Waals surface area contributed by atoms with Crippen molar-refractivity contribution in [3.8, 4) is 11.8 Å². The van der Waals surface area contributed by atoms with E-state index >= 15 is 0 Å². The van der Waals surface area contributed by atoms with E-state index < -0.39 is 18.1 Å². The fourth-order valence-corrected chi connectivity index (χ4v) is 6.31. The van der Waals surface area contributed by atoms with Crippen LogP contribution in [-0.4, -0.2) is 65.9 Å². The Labute approximate surface area is 279 Å². The van der Waals surface area contributed by atoms with E-state index in [-0.39, 0.29) is 42.6 Å². The van der Waals surface area contributed by atoms with Crippen LogP contribution >= 0.6 is 12.4 Å². The molecule has 3 amide bonds. The number of benzene rings is 3. The number of fused-ring (bicyclic) bond motifs is 2. The fraction of sp³-hybridized carbons (Fsp3) is 0.343. The van der Waals surface area contributed by atoms with Gasteiger partial charge in [-0.15, -0.1) is 12.4 Å². The third-order valence-electron chi connectivity index (χ3n) is 9.01. The quantitative estimate of drug-likeness (QED) is 0.306. The molecule has 3 atom stereocenters. The number of carbonyl (C=O) groups excluding carboxylic acids is 3. The highest BCUT2D eigenvalue weighted by atomic mass is 35.5. The summed E-state index contributed by atoms with van der Waals surface area (Å²) in [5.41, 5.74) is 3.63. The molecule has 1 aromatic heterocycles. The van der Waals surface area contributed by atoms with Crippen molar-refractivity contribution in [1.29, 1.82) is 5.26 Å². The number of nitrogens with zero attached hydrogens (tertiary/aromatic N) is 5. The standard InChI is InChI=1S/C35H37N7O4.ClH/c1-22(37-3)33(43)38-32-23(2)41(34(44)24-16-18-46-19-17-24)31-15-9-8-14-30(31)40(35(32)45)21-27-26-11-5-7-13-29(26)42(39-27)28-12-6-4-10-25(28)20-36;/h4-15,22-24,32,37H,16-19,21H2,1-3H3,(H,38,43);1H/t22-,23-,32-;/m0./s1. The third kappa shape index (κ3) is 6.32. The number of hydrogen-bond acceptors (Lipinski definition) is 7. The van der Waals surface area contributed by atoms with Crippen LogP contribution in [0.4, 0.5) is 11.4 Å². The molecule has 11 nitrogen and oxygen atoms in total. The molecule has 0 unspecified atom stereocenters. The highest BCUT2D eigenvalue weighted by Gasteiger charge is 2.44. The van der Waals surface area contributed by atoms with Gasteiger partial charge in [-0.05, 0) is 64.1 Å². The second-order valence-electron chi connectivity index (χ2n) is 11.7. The molecule has 6 rings (SSSR count). The number of amides is 3. The molecule has 47 heavy (non-hydrogen) atoms. The molecule has 2 aliphatic rings. The van der Waals surface area contributed by atoms with Gasteiger partial charge in [0.1, 0.15) is 12.1 Å². The van der Waals surface area contributed by atoms with Gasteiger partial charge in [-0.1, -0.05) is 42.5 Å². The number of nitrogens with one attached hydrogen (secondary N) is 2. The summed E-state index contributed by atoms with van der Waals surface area (Å²) in [6.45, 7) is 4.59. The maximum absolute atomic E-state index is 14.7. The minimum absolute atomic E-state index is 0. The largest absolute Gasteiger partial charge is 0.381 e. The molecule has 0 aliphatic carbocycles. The number of carbonyl (C=O) groups is 3. The maximum atomic E-state index is 14.7. The van der Waals surface area contributed by atoms with E-state index in [1.165, 1.54) is 0 Å². The van der Waals surface area contributed by atoms with E-state index in [9.17, 15) is 19.6 Å². The minimum atomic E-state index is -1.04. The summed E-state index contributed by atoms with van der Waals surface area (Å²) in [6.07, 6.45) is 1.17. The van der Waals surface area contributed by atoms with Crippen molar-refractivity contribution in [3.05, 3.63) is 84.1 Å². The Balaban J connectivity index is 0.00000433. The van der Waals surface area contributed by atoms with Crippen molar-refractivity contribution in [2.45, 2.75) is 51.4 Å². The molecule has 0 bridgehead atoms. The molecule has 0 spiro atoms. The van der Waals surface area contributed by atoms with Crippen LogP contribution in [-0.2, 0) is 25.7 Å². The van der Waals surface area contributed by atoms with Gasteiger partial charge in [0.2, 0.25) is 11.8 Å². The molecule has 244 valence electrons. The summed E-state index contributed by atoms with van der Waals surface area (Å²) in [5.74, 6) is -1.06. The lowest BCUT2D eigenvalue weighted by Gasteiger charge is -2.35. The first-order valence-corrected chi connectivity index (χ1v) is 15.6. The number of rotatable bonds is 7. The Morgan fingerprint density at radius 3 is 2.34 bits per heavy atom. The van der Waals surface area contributed by atoms with Crippen molar-refractivity contribution in [3.63, 3.8) is 0 Å². The summed E-state index contributed by atoms with van der Waals surface area (Å²) >= 11 is 0. The van der Waals surface area contributed by atoms with Gasteiger partial charge in [-0.25, -0.2) is 4.68 Å². The normalized spacial score (nSPS) is 18.9. The van der Waals surface area contributed by atoms with Crippen LogP contribution in [0.1, 0.15) is 37.9 Å². The zero-order valence-electron chi connectivity index (χ0n) is 26.6. The second kappa shape index (κ2) is 14.3. The van der Waals surface area contributed by atoms with E-state index in [4.69, 9.17) is 9.84 Å². The number of likely N-dealkylation sites (N-methyl/N-ethyl adjacent to an activating group) is 1. The highest BCUT2D eigenvalue weighted by molar-refractivity contribution is 6.09. The van der Waals surface area contributed by atoms with Crippen molar-refractivity contribution >= 4 is 52.4 Å². The van der Waals surface area contributed by atoms with Crippen molar-refractivity contribution in [2.75, 3.05) is 30.1 Å². The number of nitriles is 1. The highest BCUT2D eigenvalue weighted by Crippen LogP contribution is 2.38. The maximum Gasteiger partial charge on any atom is 0.252 e. The first-order chi connectivity index (χ1) is 22.3. The molecular weight excluding hydrogens is 618 g/mol. The third-order valence-corrected chi connectivity index (χ3v) is 9.01. The number of ether oxygens (including phenoxy) is 1. The zero-order valence-corrected chi connectivity index (χ0v) is 27.4. The molecule has 12 heteroatoms. The molecule has 4 aromatic rings. The van der Waals surface area contributed by atoms with Crippen LogP contribution < -0.4 is 20.4 Å². The van der Waals surface area contributed by atoms with Crippen LogP contribution in [0.2, 0.25) is 0 Å². The summed E-state index contributed by atoms with van der Waals surface area (Å²) in [5, 5.41) is 21.5. The van der Waals surface area contributed by atoms with Crippen LogP contribution in [0.5, 0.6) is 0 Å². The van der Waals surface area contributed by atoms with Gasteiger partial charge in [0.15, 0.2) is 0 Å². The van der Waals surface area contributed by atoms with Crippen LogP contribution in [0.25, 0.3) is 16.6 Å². The van der Waals surface area contributed by atoms with E-state index in [1.807, 2.05) is 67.6 Å². The Bertz CT molecular complexity index is 1830. The predicted octanol–water partition coefficient (Wildman–Crippen LogP) is 4.11. The molecule has 3 aromatic carbocycles. The van der Waals surface area contributed by atoms with E-state index in [0.29, 0.717) is 54.4 Å². The Hall–Kier alpha value is -4.76. The first-order valence-electron chi connectivity index (χ1n) is 15.6. The molecule has 1 saturated heterocycles. The smallest absolute Gasteiger partial charge is 0.252 e. The summed E-state index contributed by atoms with van der Waals surface area (Å²) < 4.78 is 7.26. The minimum Gasteiger partial charge on any atom is -0.381 e. The lowest BCUT2D eigenvalue weighted by atomic mass is 9.96. The van der Waals surface area contributed by atoms with Gasteiger partial charge < -0.3 is 25.2 Å². The monoisotopic (exact) mass is 655 g/mol. The molecule has 2 aliphatic heterocycles. The molecule has 1 fully saturated rings. The Morgan fingerprint density at radius 2 is 1.64 bits per heavy atom. The summed E-state index contributed by atoms with van der Waals surface area (Å²) in [7, 11) is 1.68. The van der Waals surface area contributed by atoms with Gasteiger partial charge in [-0.3, -0.25) is 14.4 Å². The number of aromatic nitrogens is 2. The van der Waals surface area contributed by atoms with Crippen molar-refractivity contribution in [1.82, 2.24) is 20.4 Å². The average Bonchev–Trinajstić information content (AvgIpc) is 3.43. The lowest BCUT2D eigenvalue weighted by molar-refractivity contribution is -0.130. The number of anilines is 2. The molecule has 3 heterocycles. The van der Waals surface area contributed by atoms with Gasteiger partial charge in [0, 0.05) is 24.5 Å². The summed E-state index contributed by atoms with van der Waals surface area (Å²) in [4.78, 5) is 45.5. The first kappa shape index (κ1) is 33.6. The molecular formula is C35H38ClN7O4. The fourth-order valence-electron chi connectivity index (χ4n) is 6.31. The molecule has 2 N–H and O–H groups in total.